The van der Waals surface area contributed by atoms with Gasteiger partial charge in [0, 0.05) is 41.3 Å². The Morgan fingerprint density at radius 3 is 2.51 bits per heavy atom. The summed E-state index contributed by atoms with van der Waals surface area (Å²) >= 11 is 0. The van der Waals surface area contributed by atoms with E-state index in [0.717, 1.165) is 36.4 Å². The smallest absolute Gasteiger partial charge is 0.256 e. The fourth-order valence-corrected chi connectivity index (χ4v) is 4.43. The van der Waals surface area contributed by atoms with Crippen LogP contribution in [0.1, 0.15) is 46.7 Å². The van der Waals surface area contributed by atoms with E-state index in [-0.39, 0.29) is 11.8 Å². The third kappa shape index (κ3) is 4.88. The molecule has 0 spiro atoms. The van der Waals surface area contributed by atoms with E-state index in [9.17, 15) is 14.9 Å². The zero-order chi connectivity index (χ0) is 24.9. The van der Waals surface area contributed by atoms with E-state index in [1.807, 2.05) is 43.3 Å². The lowest BCUT2D eigenvalue weighted by Gasteiger charge is -2.18. The van der Waals surface area contributed by atoms with Crippen molar-refractivity contribution in [3.8, 4) is 17.2 Å². The number of aromatic nitrogens is 1. The second kappa shape index (κ2) is 10.4. The number of aryl methyl sites for hydroxylation is 1. The zero-order valence-electron chi connectivity index (χ0n) is 20.2. The number of hydrogen-bond donors (Lipinski definition) is 3. The van der Waals surface area contributed by atoms with Crippen LogP contribution in [0, 0.1) is 18.3 Å². The number of amides is 2. The average molecular weight is 468 g/mol. The van der Waals surface area contributed by atoms with E-state index < -0.39 is 0 Å². The summed E-state index contributed by atoms with van der Waals surface area (Å²) in [5.74, 6) is -0.361. The third-order valence-electron chi connectivity index (χ3n) is 6.35. The topological polar surface area (TPSA) is 101 Å². The van der Waals surface area contributed by atoms with Gasteiger partial charge in [0.1, 0.15) is 0 Å². The molecular formula is C28H29N5O2. The fourth-order valence-electron chi connectivity index (χ4n) is 4.43. The summed E-state index contributed by atoms with van der Waals surface area (Å²) in [6.07, 6.45) is 1.80. The molecule has 0 radical (unpaired) electrons. The third-order valence-corrected chi connectivity index (χ3v) is 6.35. The molecule has 0 atom stereocenters. The first-order valence-electron chi connectivity index (χ1n) is 11.8. The van der Waals surface area contributed by atoms with E-state index in [1.165, 1.54) is 0 Å². The molecule has 0 saturated carbocycles. The molecule has 1 aliphatic rings. The first-order chi connectivity index (χ1) is 17.0. The highest BCUT2D eigenvalue weighted by Gasteiger charge is 2.26. The Hall–Kier alpha value is -4.15. The number of carbonyl (C=O) groups is 2. The van der Waals surface area contributed by atoms with Gasteiger partial charge in [0.05, 0.1) is 22.8 Å². The minimum absolute atomic E-state index is 0.175. The van der Waals surface area contributed by atoms with Gasteiger partial charge >= 0.3 is 0 Å². The van der Waals surface area contributed by atoms with Gasteiger partial charge in [-0.2, -0.15) is 5.26 Å². The van der Waals surface area contributed by atoms with Crippen LogP contribution in [0.4, 0.5) is 5.69 Å². The molecule has 3 N–H and O–H groups in total. The van der Waals surface area contributed by atoms with Crippen LogP contribution in [0.5, 0.6) is 0 Å². The second-order valence-corrected chi connectivity index (χ2v) is 8.44. The van der Waals surface area contributed by atoms with Gasteiger partial charge in [0.2, 0.25) is 0 Å². The minimum Gasteiger partial charge on any atom is -0.358 e. The van der Waals surface area contributed by atoms with Crippen molar-refractivity contribution in [3.05, 3.63) is 76.6 Å². The summed E-state index contributed by atoms with van der Waals surface area (Å²) in [6, 6.07) is 16.8. The van der Waals surface area contributed by atoms with Crippen LogP contribution >= 0.6 is 0 Å². The number of nitriles is 1. The van der Waals surface area contributed by atoms with E-state index in [1.54, 1.807) is 18.2 Å². The lowest BCUT2D eigenvalue weighted by atomic mass is 9.96. The molecule has 2 aromatic carbocycles. The van der Waals surface area contributed by atoms with Crippen LogP contribution in [-0.4, -0.2) is 47.9 Å². The van der Waals surface area contributed by atoms with Crippen molar-refractivity contribution in [1.82, 2.24) is 15.2 Å². The largest absolute Gasteiger partial charge is 0.358 e. The Kier molecular flexibility index (Phi) is 7.14. The quantitative estimate of drug-likeness (QED) is 0.427. The summed E-state index contributed by atoms with van der Waals surface area (Å²) in [6.45, 7) is 9.20. The molecule has 2 heterocycles. The van der Waals surface area contributed by atoms with Gasteiger partial charge in [-0.05, 0) is 49.9 Å². The predicted molar refractivity (Wildman–Crippen MR) is 139 cm³/mol. The number of rotatable bonds is 8. The molecule has 2 amide bonds. The van der Waals surface area contributed by atoms with Gasteiger partial charge in [-0.25, -0.2) is 0 Å². The summed E-state index contributed by atoms with van der Waals surface area (Å²) < 4.78 is 0. The van der Waals surface area contributed by atoms with Crippen molar-refractivity contribution < 1.29 is 9.59 Å². The Morgan fingerprint density at radius 1 is 1.11 bits per heavy atom. The molecule has 4 rings (SSSR count). The highest BCUT2D eigenvalue weighted by molar-refractivity contribution is 6.35. The molecule has 0 unspecified atom stereocenters. The van der Waals surface area contributed by atoms with Crippen molar-refractivity contribution >= 4 is 29.2 Å². The highest BCUT2D eigenvalue weighted by atomic mass is 16.2. The molecule has 0 saturated heterocycles. The number of hydrogen-bond acceptors (Lipinski definition) is 4. The van der Waals surface area contributed by atoms with E-state index in [4.69, 9.17) is 0 Å². The van der Waals surface area contributed by atoms with Gasteiger partial charge in [0.25, 0.3) is 11.8 Å². The number of aromatic amines is 1. The van der Waals surface area contributed by atoms with Crippen LogP contribution in [-0.2, 0) is 4.79 Å². The molecule has 3 aromatic rings. The number of carbonyl (C=O) groups excluding carboxylic acids is 2. The Morgan fingerprint density at radius 2 is 1.83 bits per heavy atom. The lowest BCUT2D eigenvalue weighted by Crippen LogP contribution is -2.35. The number of nitrogens with one attached hydrogen (secondary N) is 3. The van der Waals surface area contributed by atoms with Crippen molar-refractivity contribution in [3.63, 3.8) is 0 Å². The maximum atomic E-state index is 13.4. The molecule has 0 bridgehead atoms. The SMILES string of the molecule is CCN(CC)CCNC(=O)c1c(C)[nH]c(C=C2C(=O)Nc3ccccc32)c1-c1ccc(C#N)cc1. The standard InChI is InChI=1S/C28H29N5O2/c1-4-33(5-2)15-14-30-28(35)25-18(3)31-24(26(25)20-12-10-19(17-29)11-13-20)16-22-21-8-6-7-9-23(21)32-27(22)34/h6-13,16,31H,4-5,14-15H2,1-3H3,(H,30,35)(H,32,34). The van der Waals surface area contributed by atoms with Gasteiger partial charge in [-0.1, -0.05) is 44.2 Å². The Balaban J connectivity index is 1.77. The molecule has 178 valence electrons. The first-order valence-corrected chi connectivity index (χ1v) is 11.8. The number of likely N-dealkylation sites (N-methyl/N-ethyl adjacent to an activating group) is 1. The molecule has 0 aliphatic carbocycles. The van der Waals surface area contributed by atoms with Crippen LogP contribution < -0.4 is 10.6 Å². The molecular weight excluding hydrogens is 438 g/mol. The zero-order valence-corrected chi connectivity index (χ0v) is 20.2. The molecule has 7 heteroatoms. The van der Waals surface area contributed by atoms with Crippen molar-refractivity contribution in [2.24, 2.45) is 0 Å². The second-order valence-electron chi connectivity index (χ2n) is 8.44. The van der Waals surface area contributed by atoms with Crippen LogP contribution in [0.25, 0.3) is 22.8 Å². The van der Waals surface area contributed by atoms with Crippen LogP contribution in [0.3, 0.4) is 0 Å². The summed E-state index contributed by atoms with van der Waals surface area (Å²) in [4.78, 5) is 31.7. The molecule has 7 nitrogen and oxygen atoms in total. The number of para-hydroxylation sites is 1. The van der Waals surface area contributed by atoms with Gasteiger partial charge in [-0.15, -0.1) is 0 Å². The Bertz CT molecular complexity index is 1320. The predicted octanol–water partition coefficient (Wildman–Crippen LogP) is 4.43. The first kappa shape index (κ1) is 24.0. The molecule has 1 aliphatic heterocycles. The lowest BCUT2D eigenvalue weighted by molar-refractivity contribution is -0.110. The Labute approximate surface area is 205 Å². The normalized spacial score (nSPS) is 13.6. The number of benzene rings is 2. The van der Waals surface area contributed by atoms with Gasteiger partial charge < -0.3 is 20.5 Å². The molecule has 35 heavy (non-hydrogen) atoms. The number of anilines is 1. The average Bonchev–Trinajstić information content (AvgIpc) is 3.37. The van der Waals surface area contributed by atoms with Crippen LogP contribution in [0.15, 0.2) is 48.5 Å². The number of nitrogens with zero attached hydrogens (tertiary/aromatic N) is 2. The van der Waals surface area contributed by atoms with Crippen molar-refractivity contribution in [1.29, 1.82) is 5.26 Å². The summed E-state index contributed by atoms with van der Waals surface area (Å²) in [7, 11) is 0. The van der Waals surface area contributed by atoms with E-state index in [0.29, 0.717) is 40.2 Å². The van der Waals surface area contributed by atoms with E-state index >= 15 is 0 Å². The summed E-state index contributed by atoms with van der Waals surface area (Å²) in [5.41, 5.74) is 6.07. The molecule has 1 aromatic heterocycles. The van der Waals surface area contributed by atoms with Crippen LogP contribution in [0.2, 0.25) is 0 Å². The number of H-pyrrole nitrogens is 1. The summed E-state index contributed by atoms with van der Waals surface area (Å²) in [5, 5.41) is 15.2. The number of fused-ring (bicyclic) bond motifs is 1. The monoisotopic (exact) mass is 467 g/mol. The fraction of sp³-hybridized carbons (Fsp3) is 0.250. The van der Waals surface area contributed by atoms with E-state index in [2.05, 4.69) is 40.4 Å². The minimum atomic E-state index is -0.186. The molecule has 0 fully saturated rings. The maximum absolute atomic E-state index is 13.4. The van der Waals surface area contributed by atoms with Crippen molar-refractivity contribution in [2.45, 2.75) is 20.8 Å². The maximum Gasteiger partial charge on any atom is 0.256 e. The van der Waals surface area contributed by atoms with Gasteiger partial charge in [-0.3, -0.25) is 9.59 Å². The van der Waals surface area contributed by atoms with Gasteiger partial charge in [0.15, 0.2) is 0 Å². The highest BCUT2D eigenvalue weighted by Crippen LogP contribution is 2.37. The van der Waals surface area contributed by atoms with Crippen molar-refractivity contribution in [2.75, 3.05) is 31.5 Å².